The quantitative estimate of drug-likeness (QED) is 0.0614. The number of H-pyrrole nitrogens is 4. The number of nitrogens with zero attached hydrogens (tertiary/aromatic N) is 17. The van der Waals surface area contributed by atoms with Gasteiger partial charge in [-0.25, -0.2) is 44.4 Å². The first-order chi connectivity index (χ1) is 53.3. The number of rotatable bonds is 10. The normalized spacial score (nSPS) is 20.6. The maximum atomic E-state index is 11.6. The molecule has 4 aromatic carbocycles. The second-order valence-corrected chi connectivity index (χ2v) is 30.3. The van der Waals surface area contributed by atoms with Gasteiger partial charge in [-0.2, -0.15) is 5.10 Å². The monoisotopic (exact) mass is 1450 g/mol. The molecule has 0 unspecified atom stereocenters. The molecular formula is C82H87N25O2. The van der Waals surface area contributed by atoms with Crippen molar-refractivity contribution in [3.05, 3.63) is 188 Å². The van der Waals surface area contributed by atoms with E-state index in [1.165, 1.54) is 44.3 Å². The van der Waals surface area contributed by atoms with Crippen LogP contribution in [0.5, 0.6) is 0 Å². The van der Waals surface area contributed by atoms with E-state index in [9.17, 15) is 9.90 Å². The van der Waals surface area contributed by atoms with E-state index in [1.807, 2.05) is 80.9 Å². The number of nitrogens with two attached hydrogens (primary N) is 4. The van der Waals surface area contributed by atoms with E-state index in [0.717, 1.165) is 207 Å². The number of hydrogen-bond donors (Lipinski definition) is 9. The topological polar surface area (TPSA) is 351 Å². The largest absolute Gasteiger partial charge is 0.393 e. The summed E-state index contributed by atoms with van der Waals surface area (Å²) in [4.78, 5) is 72.0. The summed E-state index contributed by atoms with van der Waals surface area (Å²) in [6.45, 7) is 9.91. The molecule has 4 aliphatic carbocycles. The van der Waals surface area contributed by atoms with Gasteiger partial charge in [-0.15, -0.1) is 0 Å². The molecule has 4 saturated carbocycles. The van der Waals surface area contributed by atoms with Gasteiger partial charge in [-0.05, 0) is 107 Å². The molecule has 0 atom stereocenters. The number of amides is 1. The predicted octanol–water partition coefficient (Wildman–Crippen LogP) is 11.6. The number of para-hydroxylation sites is 4. The van der Waals surface area contributed by atoms with Crippen LogP contribution in [0.2, 0.25) is 0 Å². The summed E-state index contributed by atoms with van der Waals surface area (Å²) < 4.78 is 8.17. The zero-order valence-corrected chi connectivity index (χ0v) is 60.9. The highest BCUT2D eigenvalue weighted by Gasteiger charge is 2.41. The summed E-state index contributed by atoms with van der Waals surface area (Å²) in [5.74, 6) is 7.80. The molecule has 0 radical (unpaired) electrons. The minimum Gasteiger partial charge on any atom is -0.393 e. The number of aromatic amines is 4. The van der Waals surface area contributed by atoms with Crippen LogP contribution < -0.4 is 22.9 Å². The average molecular weight is 1450 g/mol. The zero-order valence-electron chi connectivity index (χ0n) is 60.9. The lowest BCUT2D eigenvalue weighted by Crippen LogP contribution is -2.54. The standard InChI is InChI=1S/C24H27N7O.C23H27N7.C18H17N5O.C17H16N6/c1-15(32)29-8-10-30(11-9-29)18-12-17(13-18)24-28-21(22-23(25)26-6-7-31(22)24)20-14-16-4-2-3-5-19(16)27-20;1-28-8-10-29(11-9-28)17-12-16(13-17)23-27-20(21-22(24)25-6-7-30(21)23)19-14-15-4-2-3-5-18(15)26-19;19-17-16-15(14-9-10-3-1-2-4-13(10)21-14)22-18(11-7-12(24)8-11)23(16)6-5-20-17;18-16-15-14(13-8-11-4-1-2-7-12(11)21-13)22-17(10-5-3-6-10)23(15)20-9-19-16/h2-7,14,17-18,27H,8-13H2,1H3,(H2,25,26);2-7,14,16-17,26H,8-13H2,1H3,(H2,24,25);1-6,9,11-12,21,24H,7-8H2,(H2,19,20);1-2,4,7-10,21H,3,5-6H2,(H2,18,19,20). The van der Waals surface area contributed by atoms with Crippen LogP contribution in [0.25, 0.3) is 111 Å². The van der Waals surface area contributed by atoms with E-state index in [-0.39, 0.29) is 17.9 Å². The van der Waals surface area contributed by atoms with Crippen molar-refractivity contribution in [2.75, 3.05) is 82.3 Å². The Kier molecular flexibility index (Phi) is 17.1. The Hall–Kier alpha value is -12.0. The number of imidazole rings is 4. The Morgan fingerprint density at radius 3 is 1.14 bits per heavy atom. The molecule has 6 aliphatic rings. The molecule has 1 amide bonds. The van der Waals surface area contributed by atoms with Crippen LogP contribution in [0.3, 0.4) is 0 Å². The fourth-order valence-electron chi connectivity index (χ4n) is 17.2. The molecule has 22 rings (SSSR count). The number of nitrogen functional groups attached to an aromatic ring is 4. The minimum absolute atomic E-state index is 0.177. The molecule has 13 N–H and O–H groups in total. The van der Waals surface area contributed by atoms with E-state index in [1.54, 1.807) is 25.5 Å². The molecule has 552 valence electrons. The number of fused-ring (bicyclic) bond motifs is 8. The van der Waals surface area contributed by atoms with Gasteiger partial charge in [0.2, 0.25) is 5.91 Å². The number of benzene rings is 4. The molecule has 0 bridgehead atoms. The summed E-state index contributed by atoms with van der Waals surface area (Å²) in [5, 5.41) is 18.7. The first-order valence-electron chi connectivity index (χ1n) is 38.1. The fraction of sp³-hybridized carbons (Fsp3) is 0.317. The molecule has 27 heteroatoms. The van der Waals surface area contributed by atoms with Gasteiger partial charge in [0.1, 0.15) is 91.9 Å². The zero-order chi connectivity index (χ0) is 73.7. The summed E-state index contributed by atoms with van der Waals surface area (Å²) in [6.07, 6.45) is 21.9. The number of aromatic nitrogens is 17. The third kappa shape index (κ3) is 12.3. The minimum atomic E-state index is -0.224. The highest BCUT2D eigenvalue weighted by Crippen LogP contribution is 2.46. The van der Waals surface area contributed by atoms with Crippen LogP contribution in [0.4, 0.5) is 23.3 Å². The number of aliphatic hydroxyl groups excluding tert-OH is 1. The van der Waals surface area contributed by atoms with Crippen molar-refractivity contribution < 1.29 is 9.90 Å². The highest BCUT2D eigenvalue weighted by molar-refractivity contribution is 5.95. The van der Waals surface area contributed by atoms with Crippen molar-refractivity contribution in [2.45, 2.75) is 107 Å². The number of likely N-dealkylation sites (N-methyl/N-ethyl adjacent to an activating group) is 1. The number of carbonyl (C=O) groups is 1. The Morgan fingerprint density at radius 2 is 0.780 bits per heavy atom. The van der Waals surface area contributed by atoms with E-state index in [4.69, 9.17) is 42.9 Å². The average Bonchev–Trinajstić information content (AvgIpc) is 1.62. The first kappa shape index (κ1) is 67.6. The Balaban J connectivity index is 0.0000000995. The van der Waals surface area contributed by atoms with E-state index in [2.05, 4.69) is 148 Å². The molecular weight excluding hydrogens is 1370 g/mol. The van der Waals surface area contributed by atoms with Gasteiger partial charge in [0.05, 0.1) is 28.9 Å². The van der Waals surface area contributed by atoms with Gasteiger partial charge in [-0.3, -0.25) is 27.8 Å². The molecule has 2 saturated heterocycles. The fourth-order valence-corrected chi connectivity index (χ4v) is 17.2. The van der Waals surface area contributed by atoms with Crippen LogP contribution in [-0.2, 0) is 4.79 Å². The third-order valence-electron chi connectivity index (χ3n) is 23.7. The van der Waals surface area contributed by atoms with Crippen LogP contribution in [-0.4, -0.2) is 191 Å². The molecule has 6 fully saturated rings. The summed E-state index contributed by atoms with van der Waals surface area (Å²) in [6, 6.07) is 42.6. The maximum absolute atomic E-state index is 11.6. The first-order valence-corrected chi connectivity index (χ1v) is 38.1. The number of carbonyl (C=O) groups excluding carboxylic acids is 1. The predicted molar refractivity (Wildman–Crippen MR) is 426 cm³/mol. The van der Waals surface area contributed by atoms with E-state index < -0.39 is 0 Å². The number of nitrogens with one attached hydrogen (secondary N) is 4. The van der Waals surface area contributed by atoms with Crippen molar-refractivity contribution in [1.82, 2.24) is 102 Å². The lowest BCUT2D eigenvalue weighted by atomic mass is 9.78. The number of piperazine rings is 2. The van der Waals surface area contributed by atoms with Crippen molar-refractivity contribution in [3.8, 4) is 45.6 Å². The van der Waals surface area contributed by atoms with Crippen LogP contribution in [0, 0.1) is 0 Å². The molecule has 16 aromatic rings. The van der Waals surface area contributed by atoms with Crippen molar-refractivity contribution in [2.24, 2.45) is 0 Å². The second kappa shape index (κ2) is 27.6. The van der Waals surface area contributed by atoms with Crippen molar-refractivity contribution in [1.29, 1.82) is 0 Å². The van der Waals surface area contributed by atoms with Gasteiger partial charge >= 0.3 is 0 Å². The van der Waals surface area contributed by atoms with Crippen LogP contribution in [0.1, 0.15) is 112 Å². The molecule has 2 aliphatic heterocycles. The third-order valence-corrected chi connectivity index (χ3v) is 23.7. The van der Waals surface area contributed by atoms with Gasteiger partial charge < -0.3 is 57.8 Å². The Morgan fingerprint density at radius 1 is 0.431 bits per heavy atom. The SMILES string of the molecule is CC(=O)N1CCN(C2CC(c3nc(-c4cc5ccccc5[nH]4)c4c(N)nccn34)C2)CC1.CN1CCN(C2CC(c3nc(-c4cc5ccccc5[nH]4)c4c(N)nccn34)C2)CC1.Nc1nccn2c(C3CC(O)C3)nc(-c3cc4ccccc4[nH]3)c12.Nc1ncnn2c(C3CCC3)nc(-c3cc4ccccc4[nH]3)c12. The number of anilines is 4. The maximum Gasteiger partial charge on any atom is 0.219 e. The van der Waals surface area contributed by atoms with Crippen molar-refractivity contribution >= 4 is 94.9 Å². The molecule has 109 heavy (non-hydrogen) atoms. The molecule has 27 nitrogen and oxygen atoms in total. The van der Waals surface area contributed by atoms with Crippen LogP contribution in [0.15, 0.2) is 165 Å². The van der Waals surface area contributed by atoms with Gasteiger partial charge in [0, 0.05) is 176 Å². The van der Waals surface area contributed by atoms with Gasteiger partial charge in [0.25, 0.3) is 0 Å². The molecule has 0 spiro atoms. The lowest BCUT2D eigenvalue weighted by Gasteiger charge is -2.46. The second-order valence-electron chi connectivity index (χ2n) is 30.3. The van der Waals surface area contributed by atoms with Gasteiger partial charge in [-0.1, -0.05) is 79.2 Å². The highest BCUT2D eigenvalue weighted by atomic mass is 16.3. The smallest absolute Gasteiger partial charge is 0.219 e. The summed E-state index contributed by atoms with van der Waals surface area (Å²) >= 11 is 0. The Labute approximate surface area is 626 Å². The molecule has 12 aromatic heterocycles. The summed E-state index contributed by atoms with van der Waals surface area (Å²) in [7, 11) is 2.21. The van der Waals surface area contributed by atoms with Crippen LogP contribution >= 0.6 is 0 Å². The van der Waals surface area contributed by atoms with E-state index >= 15 is 0 Å². The number of hydrogen-bond acceptors (Lipinski definition) is 18. The molecule has 14 heterocycles. The Bertz CT molecular complexity index is 5940. The van der Waals surface area contributed by atoms with Gasteiger partial charge in [0.15, 0.2) is 5.82 Å². The lowest BCUT2D eigenvalue weighted by molar-refractivity contribution is -0.131. The number of aliphatic hydroxyl groups is 1. The van der Waals surface area contributed by atoms with E-state index in [0.29, 0.717) is 53.1 Å². The summed E-state index contributed by atoms with van der Waals surface area (Å²) in [5.41, 5.74) is 39.9. The van der Waals surface area contributed by atoms with Crippen molar-refractivity contribution in [3.63, 3.8) is 0 Å².